The van der Waals surface area contributed by atoms with Crippen LogP contribution >= 0.6 is 0 Å². The van der Waals surface area contributed by atoms with Crippen LogP contribution in [0.15, 0.2) is 28.7 Å². The van der Waals surface area contributed by atoms with Crippen molar-refractivity contribution >= 4 is 11.0 Å². The van der Waals surface area contributed by atoms with Gasteiger partial charge in [-0.15, -0.1) is 0 Å². The maximum Gasteiger partial charge on any atom is 0.134 e. The molecule has 1 fully saturated rings. The molecule has 1 N–H and O–H groups in total. The molecular weight excluding hydrogens is 253 g/mol. The summed E-state index contributed by atoms with van der Waals surface area (Å²) in [6, 6.07) is 6.88. The van der Waals surface area contributed by atoms with E-state index in [4.69, 9.17) is 4.42 Å². The Bertz CT molecular complexity index is 598. The minimum atomic E-state index is -0.213. The average molecular weight is 275 g/mol. The lowest BCUT2D eigenvalue weighted by molar-refractivity contribution is 0.136. The molecule has 3 rings (SSSR count). The van der Waals surface area contributed by atoms with Crippen LogP contribution < -0.4 is 5.32 Å². The molecule has 0 aliphatic heterocycles. The number of hydrogen-bond acceptors (Lipinski definition) is 2. The third kappa shape index (κ3) is 2.35. The number of nitrogens with one attached hydrogen (secondary N) is 1. The number of fused-ring (bicyclic) bond motifs is 1. The Morgan fingerprint density at radius 2 is 1.95 bits per heavy atom. The number of rotatable bonds is 3. The second-order valence-electron chi connectivity index (χ2n) is 6.27. The molecule has 2 nitrogen and oxygen atoms in total. The summed E-state index contributed by atoms with van der Waals surface area (Å²) in [7, 11) is 1.98. The van der Waals surface area contributed by atoms with Crippen LogP contribution in [0.4, 0.5) is 4.39 Å². The van der Waals surface area contributed by atoms with Crippen molar-refractivity contribution < 1.29 is 8.81 Å². The van der Waals surface area contributed by atoms with E-state index in [9.17, 15) is 4.39 Å². The summed E-state index contributed by atoms with van der Waals surface area (Å²) in [5, 5.41) is 4.26. The maximum atomic E-state index is 13.3. The standard InChI is InChI=1S/C17H22FNO/c1-17(8-4-3-5-9-17)16(19-2)15-11-12-10-13(18)6-7-14(12)20-15/h6-7,10-11,16,19H,3-5,8-9H2,1-2H3. The lowest BCUT2D eigenvalue weighted by Crippen LogP contribution is -2.35. The molecule has 1 heterocycles. The summed E-state index contributed by atoms with van der Waals surface area (Å²) in [5.41, 5.74) is 0.987. The monoisotopic (exact) mass is 275 g/mol. The quantitative estimate of drug-likeness (QED) is 0.870. The van der Waals surface area contributed by atoms with Crippen molar-refractivity contribution in [2.45, 2.75) is 45.1 Å². The van der Waals surface area contributed by atoms with E-state index < -0.39 is 0 Å². The molecule has 3 heteroatoms. The summed E-state index contributed by atoms with van der Waals surface area (Å²) in [6.45, 7) is 2.33. The molecule has 0 saturated heterocycles. The molecule has 1 aromatic heterocycles. The highest BCUT2D eigenvalue weighted by atomic mass is 19.1. The van der Waals surface area contributed by atoms with Gasteiger partial charge in [-0.1, -0.05) is 26.2 Å². The topological polar surface area (TPSA) is 25.2 Å². The van der Waals surface area contributed by atoms with Crippen molar-refractivity contribution in [3.8, 4) is 0 Å². The zero-order chi connectivity index (χ0) is 14.2. The molecule has 1 atom stereocenters. The van der Waals surface area contributed by atoms with Gasteiger partial charge in [0.2, 0.25) is 0 Å². The van der Waals surface area contributed by atoms with Gasteiger partial charge in [-0.2, -0.15) is 0 Å². The minimum absolute atomic E-state index is 0.193. The van der Waals surface area contributed by atoms with Gasteiger partial charge in [0.15, 0.2) is 0 Å². The van der Waals surface area contributed by atoms with Crippen LogP contribution in [-0.4, -0.2) is 7.05 Å². The third-order valence-electron chi connectivity index (χ3n) is 4.76. The molecule has 1 unspecified atom stereocenters. The van der Waals surface area contributed by atoms with E-state index in [0.29, 0.717) is 0 Å². The Balaban J connectivity index is 1.98. The molecule has 1 aliphatic rings. The zero-order valence-corrected chi connectivity index (χ0v) is 12.2. The molecule has 1 aromatic carbocycles. The highest BCUT2D eigenvalue weighted by Crippen LogP contribution is 2.46. The van der Waals surface area contributed by atoms with E-state index in [0.717, 1.165) is 16.7 Å². The van der Waals surface area contributed by atoms with Crippen LogP contribution in [-0.2, 0) is 0 Å². The first kappa shape index (κ1) is 13.6. The molecule has 0 spiro atoms. The van der Waals surface area contributed by atoms with Crippen molar-refractivity contribution in [1.82, 2.24) is 5.32 Å². The number of halogens is 1. The summed E-state index contributed by atoms with van der Waals surface area (Å²) < 4.78 is 19.3. The molecule has 1 saturated carbocycles. The maximum absolute atomic E-state index is 13.3. The van der Waals surface area contributed by atoms with Gasteiger partial charge >= 0.3 is 0 Å². The van der Waals surface area contributed by atoms with E-state index in [1.54, 1.807) is 6.07 Å². The number of furan rings is 1. The highest BCUT2D eigenvalue weighted by Gasteiger charge is 2.37. The molecule has 0 radical (unpaired) electrons. The van der Waals surface area contributed by atoms with Crippen molar-refractivity contribution in [2.75, 3.05) is 7.05 Å². The van der Waals surface area contributed by atoms with Crippen LogP contribution in [0, 0.1) is 11.2 Å². The van der Waals surface area contributed by atoms with Gasteiger partial charge in [0, 0.05) is 5.39 Å². The van der Waals surface area contributed by atoms with Gasteiger partial charge in [0.1, 0.15) is 17.2 Å². The van der Waals surface area contributed by atoms with Gasteiger partial charge in [-0.3, -0.25) is 0 Å². The highest BCUT2D eigenvalue weighted by molar-refractivity contribution is 5.78. The lowest BCUT2D eigenvalue weighted by atomic mass is 9.70. The Hall–Kier alpha value is -1.35. The fourth-order valence-electron chi connectivity index (χ4n) is 3.66. The van der Waals surface area contributed by atoms with E-state index >= 15 is 0 Å². The Morgan fingerprint density at radius 3 is 2.65 bits per heavy atom. The molecule has 20 heavy (non-hydrogen) atoms. The number of benzene rings is 1. The smallest absolute Gasteiger partial charge is 0.134 e. The first-order chi connectivity index (χ1) is 9.62. The molecule has 108 valence electrons. The van der Waals surface area contributed by atoms with Crippen molar-refractivity contribution in [2.24, 2.45) is 5.41 Å². The largest absolute Gasteiger partial charge is 0.459 e. The summed E-state index contributed by atoms with van der Waals surface area (Å²) in [6.07, 6.45) is 6.32. The Labute approximate surface area is 119 Å². The first-order valence-electron chi connectivity index (χ1n) is 7.49. The van der Waals surface area contributed by atoms with Gasteiger partial charge in [-0.05, 0) is 49.6 Å². The second-order valence-corrected chi connectivity index (χ2v) is 6.27. The predicted molar refractivity (Wildman–Crippen MR) is 79.2 cm³/mol. The number of hydrogen-bond donors (Lipinski definition) is 1. The first-order valence-corrected chi connectivity index (χ1v) is 7.49. The van der Waals surface area contributed by atoms with Gasteiger partial charge in [0.25, 0.3) is 0 Å². The minimum Gasteiger partial charge on any atom is -0.459 e. The van der Waals surface area contributed by atoms with E-state index in [1.165, 1.54) is 44.2 Å². The van der Waals surface area contributed by atoms with E-state index in [-0.39, 0.29) is 17.3 Å². The fourth-order valence-corrected chi connectivity index (χ4v) is 3.66. The van der Waals surface area contributed by atoms with Gasteiger partial charge < -0.3 is 9.73 Å². The van der Waals surface area contributed by atoms with Crippen LogP contribution in [0.1, 0.15) is 50.8 Å². The van der Waals surface area contributed by atoms with Crippen molar-refractivity contribution in [1.29, 1.82) is 0 Å². The van der Waals surface area contributed by atoms with Crippen molar-refractivity contribution in [3.63, 3.8) is 0 Å². The van der Waals surface area contributed by atoms with Crippen LogP contribution in [0.5, 0.6) is 0 Å². The molecule has 2 aromatic rings. The average Bonchev–Trinajstić information content (AvgIpc) is 2.82. The molecule has 0 amide bonds. The van der Waals surface area contributed by atoms with E-state index in [1.807, 2.05) is 13.1 Å². The summed E-state index contributed by atoms with van der Waals surface area (Å²) in [4.78, 5) is 0. The summed E-state index contributed by atoms with van der Waals surface area (Å²) in [5.74, 6) is 0.715. The van der Waals surface area contributed by atoms with Crippen LogP contribution in [0.3, 0.4) is 0 Å². The lowest BCUT2D eigenvalue weighted by Gasteiger charge is -2.39. The van der Waals surface area contributed by atoms with E-state index in [2.05, 4.69) is 12.2 Å². The molecule has 0 bridgehead atoms. The fraction of sp³-hybridized carbons (Fsp3) is 0.529. The normalized spacial score (nSPS) is 20.1. The third-order valence-corrected chi connectivity index (χ3v) is 4.76. The molecule has 1 aliphatic carbocycles. The van der Waals surface area contributed by atoms with Gasteiger partial charge in [0.05, 0.1) is 6.04 Å². The van der Waals surface area contributed by atoms with Crippen molar-refractivity contribution in [3.05, 3.63) is 35.8 Å². The van der Waals surface area contributed by atoms with Gasteiger partial charge in [-0.25, -0.2) is 4.39 Å². The zero-order valence-electron chi connectivity index (χ0n) is 12.2. The SMILES string of the molecule is CNC(c1cc2cc(F)ccc2o1)C1(C)CCCCC1. The Morgan fingerprint density at radius 1 is 1.20 bits per heavy atom. The predicted octanol–water partition coefficient (Wildman–Crippen LogP) is 4.80. The Kier molecular flexibility index (Phi) is 3.55. The summed E-state index contributed by atoms with van der Waals surface area (Å²) >= 11 is 0. The second kappa shape index (κ2) is 5.21. The van der Waals surface area contributed by atoms with Crippen LogP contribution in [0.25, 0.3) is 11.0 Å². The molecular formula is C17H22FNO. The van der Waals surface area contributed by atoms with Crippen LogP contribution in [0.2, 0.25) is 0 Å².